The Morgan fingerprint density at radius 2 is 1.50 bits per heavy atom. The van der Waals surface area contributed by atoms with Gasteiger partial charge in [0.25, 0.3) is 0 Å². The molecule has 0 aliphatic heterocycles. The molecule has 0 aliphatic carbocycles. The molecule has 8 nitrogen and oxygen atoms in total. The van der Waals surface area contributed by atoms with Crippen molar-refractivity contribution >= 4 is 20.7 Å². The lowest BCUT2D eigenvalue weighted by molar-refractivity contribution is -0.149. The van der Waals surface area contributed by atoms with Crippen molar-refractivity contribution in [3.63, 3.8) is 0 Å². The van der Waals surface area contributed by atoms with Crippen LogP contribution in [0, 0.1) is 0 Å². The third-order valence-electron chi connectivity index (χ3n) is 3.52. The third-order valence-corrected chi connectivity index (χ3v) is 6.67. The summed E-state index contributed by atoms with van der Waals surface area (Å²) in [7, 11) is -2.76. The second kappa shape index (κ2) is 12.4. The van der Waals surface area contributed by atoms with E-state index in [-0.39, 0.29) is 0 Å². The molecule has 0 bridgehead atoms. The summed E-state index contributed by atoms with van der Waals surface area (Å²) in [5.41, 5.74) is 0. The Labute approximate surface area is 145 Å². The van der Waals surface area contributed by atoms with E-state index in [1.807, 2.05) is 27.7 Å². The van der Waals surface area contributed by atoms with Crippen LogP contribution in [0.15, 0.2) is 0 Å². The number of carbonyl (C=O) groups is 2. The van der Waals surface area contributed by atoms with Gasteiger partial charge in [0.1, 0.15) is 6.04 Å². The van der Waals surface area contributed by atoms with Crippen LogP contribution in [0.4, 0.5) is 0 Å². The number of carboxylic acid groups (broad SMARTS) is 2. The number of nitrogens with zero attached hydrogens (tertiary/aromatic N) is 1. The van der Waals surface area contributed by atoms with E-state index >= 15 is 0 Å². The molecule has 0 fully saturated rings. The average Bonchev–Trinajstić information content (AvgIpc) is 2.50. The van der Waals surface area contributed by atoms with Gasteiger partial charge in [-0.05, 0) is 40.3 Å². The first-order valence-electron chi connectivity index (χ1n) is 8.46. The number of hydrogen-bond donors (Lipinski definition) is 2. The Balaban J connectivity index is 4.83. The predicted octanol–water partition coefficient (Wildman–Crippen LogP) is 1.67. The molecule has 1 atom stereocenters. The summed E-state index contributed by atoms with van der Waals surface area (Å²) >= 11 is 0. The highest BCUT2D eigenvalue weighted by molar-refractivity contribution is 6.60. The van der Waals surface area contributed by atoms with Crippen molar-refractivity contribution in [1.29, 1.82) is 0 Å². The largest absolute Gasteiger partial charge is 0.500 e. The molecule has 24 heavy (non-hydrogen) atoms. The lowest BCUT2D eigenvalue weighted by atomic mass is 10.1. The number of aliphatic carboxylic acids is 2. The first-order chi connectivity index (χ1) is 11.4. The highest BCUT2D eigenvalue weighted by Gasteiger charge is 2.40. The molecule has 0 saturated heterocycles. The van der Waals surface area contributed by atoms with Crippen LogP contribution in [0.25, 0.3) is 0 Å². The predicted molar refractivity (Wildman–Crippen MR) is 91.0 cm³/mol. The van der Waals surface area contributed by atoms with Crippen molar-refractivity contribution in [1.82, 2.24) is 4.90 Å². The number of hydrogen-bond acceptors (Lipinski definition) is 6. The summed E-state index contributed by atoms with van der Waals surface area (Å²) in [5, 5.41) is 18.2. The van der Waals surface area contributed by atoms with E-state index < -0.39 is 33.2 Å². The highest BCUT2D eigenvalue weighted by atomic mass is 28.4. The second-order valence-corrected chi connectivity index (χ2v) is 7.90. The first kappa shape index (κ1) is 23.0. The summed E-state index contributed by atoms with van der Waals surface area (Å²) in [5.74, 6) is -2.25. The lowest BCUT2D eigenvalue weighted by Crippen LogP contribution is -2.47. The maximum atomic E-state index is 11.3. The van der Waals surface area contributed by atoms with E-state index in [4.69, 9.17) is 18.4 Å². The molecular formula is C15H31NO7Si. The molecular weight excluding hydrogens is 334 g/mol. The molecule has 0 unspecified atom stereocenters. The van der Waals surface area contributed by atoms with Gasteiger partial charge in [-0.1, -0.05) is 6.92 Å². The van der Waals surface area contributed by atoms with Gasteiger partial charge < -0.3 is 23.5 Å². The first-order valence-corrected chi connectivity index (χ1v) is 10.4. The van der Waals surface area contributed by atoms with Crippen LogP contribution in [0.3, 0.4) is 0 Å². The summed E-state index contributed by atoms with van der Waals surface area (Å²) in [6.45, 7) is 9.82. The zero-order valence-electron chi connectivity index (χ0n) is 15.1. The topological polar surface area (TPSA) is 106 Å². The molecule has 0 amide bonds. The quantitative estimate of drug-likeness (QED) is 0.422. The Bertz CT molecular complexity index is 364. The highest BCUT2D eigenvalue weighted by Crippen LogP contribution is 2.19. The van der Waals surface area contributed by atoms with Crippen LogP contribution >= 0.6 is 0 Å². The third kappa shape index (κ3) is 8.20. The van der Waals surface area contributed by atoms with Crippen molar-refractivity contribution in [3.05, 3.63) is 0 Å². The van der Waals surface area contributed by atoms with Gasteiger partial charge >= 0.3 is 20.7 Å². The normalized spacial score (nSPS) is 13.2. The Morgan fingerprint density at radius 1 is 1.00 bits per heavy atom. The molecule has 0 radical (unpaired) electrons. The van der Waals surface area contributed by atoms with Gasteiger partial charge in [0, 0.05) is 25.9 Å². The minimum absolute atomic E-state index is 0.422. The Hall–Kier alpha value is -1.00. The van der Waals surface area contributed by atoms with Gasteiger partial charge in [-0.2, -0.15) is 0 Å². The van der Waals surface area contributed by atoms with Crippen LogP contribution in [-0.2, 0) is 22.9 Å². The fraction of sp³-hybridized carbons (Fsp3) is 0.867. The summed E-state index contributed by atoms with van der Waals surface area (Å²) in [6.07, 6.45) is 0.192. The minimum Gasteiger partial charge on any atom is -0.481 e. The van der Waals surface area contributed by atoms with E-state index in [9.17, 15) is 14.7 Å². The fourth-order valence-electron chi connectivity index (χ4n) is 2.57. The van der Waals surface area contributed by atoms with Crippen LogP contribution in [-0.4, -0.2) is 74.8 Å². The zero-order chi connectivity index (χ0) is 18.6. The standard InChI is InChI=1S/C15H31NO7Si/c1-5-16(13(15(19)20)12-14(17)18)10-9-11-24(21-6-2,22-7-3)23-8-4/h13H,5-12H2,1-4H3,(H,17,18)(H,19,20)/t13-/m0/s1. The maximum Gasteiger partial charge on any atom is 0.500 e. The molecule has 0 aromatic rings. The Morgan fingerprint density at radius 3 is 1.83 bits per heavy atom. The van der Waals surface area contributed by atoms with Gasteiger partial charge in [-0.15, -0.1) is 0 Å². The molecule has 142 valence electrons. The SMILES string of the molecule is CCO[Si](CCCN(CC)[C@@H](CC(=O)O)C(=O)O)(OCC)OCC. The monoisotopic (exact) mass is 365 g/mol. The van der Waals surface area contributed by atoms with E-state index in [0.717, 1.165) is 0 Å². The van der Waals surface area contributed by atoms with E-state index in [0.29, 0.717) is 45.4 Å². The zero-order valence-corrected chi connectivity index (χ0v) is 16.1. The van der Waals surface area contributed by atoms with Crippen LogP contribution in [0.1, 0.15) is 40.5 Å². The smallest absolute Gasteiger partial charge is 0.481 e. The van der Waals surface area contributed by atoms with E-state index in [1.165, 1.54) is 0 Å². The number of carboxylic acids is 2. The fourth-order valence-corrected chi connectivity index (χ4v) is 5.17. The Kier molecular flexibility index (Phi) is 11.9. The molecule has 0 spiro atoms. The van der Waals surface area contributed by atoms with Crippen molar-refractivity contribution in [3.8, 4) is 0 Å². The van der Waals surface area contributed by atoms with E-state index in [1.54, 1.807) is 4.90 Å². The van der Waals surface area contributed by atoms with Crippen molar-refractivity contribution < 1.29 is 33.1 Å². The summed E-state index contributed by atoms with van der Waals surface area (Å²) in [4.78, 5) is 23.9. The molecule has 2 N–H and O–H groups in total. The molecule has 0 saturated carbocycles. The van der Waals surface area contributed by atoms with Gasteiger partial charge in [-0.25, -0.2) is 0 Å². The summed E-state index contributed by atoms with van der Waals surface area (Å²) in [6, 6.07) is -0.465. The molecule has 0 aliphatic rings. The van der Waals surface area contributed by atoms with Crippen molar-refractivity contribution in [2.75, 3.05) is 32.9 Å². The number of rotatable bonds is 15. The van der Waals surface area contributed by atoms with Crippen LogP contribution in [0.2, 0.25) is 6.04 Å². The van der Waals surface area contributed by atoms with E-state index in [2.05, 4.69) is 0 Å². The molecule has 0 rings (SSSR count). The maximum absolute atomic E-state index is 11.3. The summed E-state index contributed by atoms with van der Waals surface area (Å²) < 4.78 is 17.3. The van der Waals surface area contributed by atoms with Gasteiger partial charge in [-0.3, -0.25) is 14.5 Å². The number of likely N-dealkylation sites (N-methyl/N-ethyl adjacent to an activating group) is 1. The lowest BCUT2D eigenvalue weighted by Gasteiger charge is -2.30. The van der Waals surface area contributed by atoms with Gasteiger partial charge in [0.2, 0.25) is 0 Å². The van der Waals surface area contributed by atoms with Crippen molar-refractivity contribution in [2.24, 2.45) is 0 Å². The second-order valence-electron chi connectivity index (χ2n) is 5.17. The minimum atomic E-state index is -2.76. The molecule has 0 aromatic heterocycles. The van der Waals surface area contributed by atoms with Crippen molar-refractivity contribution in [2.45, 2.75) is 52.6 Å². The molecule has 9 heteroatoms. The average molecular weight is 365 g/mol. The van der Waals surface area contributed by atoms with Gasteiger partial charge in [0.15, 0.2) is 0 Å². The molecule has 0 heterocycles. The molecule has 0 aromatic carbocycles. The van der Waals surface area contributed by atoms with Crippen LogP contribution < -0.4 is 0 Å². The van der Waals surface area contributed by atoms with Gasteiger partial charge in [0.05, 0.1) is 6.42 Å². The van der Waals surface area contributed by atoms with Crippen LogP contribution in [0.5, 0.6) is 0 Å².